The Morgan fingerprint density at radius 2 is 1.96 bits per heavy atom. The average Bonchev–Trinajstić information content (AvgIpc) is 3.39. The second kappa shape index (κ2) is 7.97. The molecule has 1 aliphatic rings. The van der Waals surface area contributed by atoms with E-state index in [0.717, 1.165) is 17.9 Å². The SMILES string of the molecule is CON(Cc1ccc(-c2noc(C(F)(F)F)n2)cc1)C(=O)CNC(=O)C1CC1. The maximum absolute atomic E-state index is 12.5. The quantitative estimate of drug-likeness (QED) is 0.718. The number of alkyl halides is 3. The van der Waals surface area contributed by atoms with Crippen LogP contribution in [0.25, 0.3) is 11.4 Å². The van der Waals surface area contributed by atoms with E-state index in [-0.39, 0.29) is 30.7 Å². The number of halogens is 3. The van der Waals surface area contributed by atoms with E-state index in [9.17, 15) is 22.8 Å². The molecule has 0 bridgehead atoms. The smallest absolute Gasteiger partial charge is 0.347 e. The van der Waals surface area contributed by atoms with E-state index in [2.05, 4.69) is 20.0 Å². The minimum absolute atomic E-state index is 0.000610. The van der Waals surface area contributed by atoms with E-state index < -0.39 is 18.0 Å². The van der Waals surface area contributed by atoms with Crippen LogP contribution in [-0.2, 0) is 27.1 Å². The van der Waals surface area contributed by atoms with Crippen LogP contribution >= 0.6 is 0 Å². The van der Waals surface area contributed by atoms with Gasteiger partial charge in [-0.15, -0.1) is 0 Å². The second-order valence-corrected chi connectivity index (χ2v) is 6.22. The Balaban J connectivity index is 1.59. The van der Waals surface area contributed by atoms with Crippen LogP contribution in [0.15, 0.2) is 28.8 Å². The van der Waals surface area contributed by atoms with Gasteiger partial charge < -0.3 is 9.84 Å². The van der Waals surface area contributed by atoms with Crippen molar-refractivity contribution >= 4 is 11.8 Å². The fraction of sp³-hybridized carbons (Fsp3) is 0.412. The first-order valence-corrected chi connectivity index (χ1v) is 8.40. The largest absolute Gasteiger partial charge is 0.471 e. The summed E-state index contributed by atoms with van der Waals surface area (Å²) in [5.74, 6) is -2.18. The number of carbonyl (C=O) groups excluding carboxylic acids is 2. The summed E-state index contributed by atoms with van der Waals surface area (Å²) in [6.45, 7) is -0.0840. The predicted molar refractivity (Wildman–Crippen MR) is 88.0 cm³/mol. The number of benzene rings is 1. The van der Waals surface area contributed by atoms with Crippen LogP contribution in [0.4, 0.5) is 13.2 Å². The predicted octanol–water partition coefficient (Wildman–Crippen LogP) is 2.17. The molecule has 1 N–H and O–H groups in total. The number of hydrogen-bond acceptors (Lipinski definition) is 6. The zero-order valence-corrected chi connectivity index (χ0v) is 14.8. The molecule has 11 heteroatoms. The topological polar surface area (TPSA) is 97.6 Å². The minimum atomic E-state index is -4.71. The normalized spacial score (nSPS) is 14.0. The molecular formula is C17H17F3N4O4. The highest BCUT2D eigenvalue weighted by atomic mass is 19.4. The summed E-state index contributed by atoms with van der Waals surface area (Å²) in [4.78, 5) is 32.1. The number of nitrogens with zero attached hydrogens (tertiary/aromatic N) is 3. The molecule has 1 saturated carbocycles. The van der Waals surface area contributed by atoms with Crippen molar-refractivity contribution < 1.29 is 32.1 Å². The molecule has 150 valence electrons. The summed E-state index contributed by atoms with van der Waals surface area (Å²) < 4.78 is 41.8. The van der Waals surface area contributed by atoms with Gasteiger partial charge in [0.25, 0.3) is 5.91 Å². The molecule has 3 rings (SSSR count). The van der Waals surface area contributed by atoms with Gasteiger partial charge in [0, 0.05) is 11.5 Å². The van der Waals surface area contributed by atoms with E-state index in [1.165, 1.54) is 19.2 Å². The van der Waals surface area contributed by atoms with E-state index in [0.29, 0.717) is 11.1 Å². The standard InChI is InChI=1S/C17H17F3N4O4/c1-27-24(13(25)8-21-15(26)12-6-7-12)9-10-2-4-11(5-3-10)14-22-16(28-23-14)17(18,19)20/h2-5,12H,6-9H2,1H3,(H,21,26). The van der Waals surface area contributed by atoms with Crippen LogP contribution in [0.2, 0.25) is 0 Å². The molecule has 2 aromatic rings. The van der Waals surface area contributed by atoms with Crippen molar-refractivity contribution in [3.8, 4) is 11.4 Å². The van der Waals surface area contributed by atoms with Crippen LogP contribution in [0.5, 0.6) is 0 Å². The van der Waals surface area contributed by atoms with Gasteiger partial charge in [-0.05, 0) is 18.4 Å². The molecule has 0 unspecified atom stereocenters. The zero-order chi connectivity index (χ0) is 20.3. The Bertz CT molecular complexity index is 847. The molecule has 1 aliphatic carbocycles. The van der Waals surface area contributed by atoms with Gasteiger partial charge in [-0.25, -0.2) is 5.06 Å². The number of nitrogens with one attached hydrogen (secondary N) is 1. The van der Waals surface area contributed by atoms with Gasteiger partial charge in [0.1, 0.15) is 0 Å². The lowest BCUT2D eigenvalue weighted by Crippen LogP contribution is -2.39. The molecule has 0 atom stereocenters. The first kappa shape index (κ1) is 19.8. The van der Waals surface area contributed by atoms with Gasteiger partial charge in [0.05, 0.1) is 20.2 Å². The van der Waals surface area contributed by atoms with Gasteiger partial charge in [0.2, 0.25) is 11.7 Å². The third-order valence-corrected chi connectivity index (χ3v) is 4.07. The summed E-state index contributed by atoms with van der Waals surface area (Å²) >= 11 is 0. The van der Waals surface area contributed by atoms with Gasteiger partial charge in [-0.3, -0.25) is 14.4 Å². The lowest BCUT2D eigenvalue weighted by atomic mass is 10.1. The molecule has 0 saturated heterocycles. The van der Waals surface area contributed by atoms with Gasteiger partial charge in [-0.2, -0.15) is 18.2 Å². The maximum atomic E-state index is 12.5. The monoisotopic (exact) mass is 398 g/mol. The van der Waals surface area contributed by atoms with E-state index in [1.807, 2.05) is 0 Å². The molecule has 8 nitrogen and oxygen atoms in total. The van der Waals surface area contributed by atoms with Gasteiger partial charge in [-0.1, -0.05) is 29.4 Å². The van der Waals surface area contributed by atoms with Gasteiger partial charge in [0.15, 0.2) is 0 Å². The summed E-state index contributed by atoms with van der Waals surface area (Å²) in [5.41, 5.74) is 0.988. The number of carbonyl (C=O) groups is 2. The maximum Gasteiger partial charge on any atom is 0.471 e. The van der Waals surface area contributed by atoms with Gasteiger partial charge >= 0.3 is 12.1 Å². The number of hydroxylamine groups is 2. The van der Waals surface area contributed by atoms with E-state index >= 15 is 0 Å². The third-order valence-electron chi connectivity index (χ3n) is 4.07. The lowest BCUT2D eigenvalue weighted by Gasteiger charge is -2.20. The number of aromatic nitrogens is 2. The number of hydrogen-bond donors (Lipinski definition) is 1. The highest BCUT2D eigenvalue weighted by molar-refractivity contribution is 5.86. The Labute approximate surface area is 157 Å². The summed E-state index contributed by atoms with van der Waals surface area (Å²) in [7, 11) is 1.33. The molecule has 1 heterocycles. The Morgan fingerprint density at radius 3 is 2.50 bits per heavy atom. The number of amides is 2. The second-order valence-electron chi connectivity index (χ2n) is 6.22. The van der Waals surface area contributed by atoms with Crippen LogP contribution < -0.4 is 5.32 Å². The lowest BCUT2D eigenvalue weighted by molar-refractivity contribution is -0.178. The Kier molecular flexibility index (Phi) is 5.63. The Morgan fingerprint density at radius 1 is 1.29 bits per heavy atom. The molecular weight excluding hydrogens is 381 g/mol. The first-order chi connectivity index (χ1) is 13.3. The Hall–Kier alpha value is -2.95. The zero-order valence-electron chi connectivity index (χ0n) is 14.8. The molecule has 2 amide bonds. The molecule has 0 spiro atoms. The van der Waals surface area contributed by atoms with E-state index in [1.54, 1.807) is 12.1 Å². The summed E-state index contributed by atoms with van der Waals surface area (Å²) in [6.07, 6.45) is -3.03. The van der Waals surface area contributed by atoms with Crippen molar-refractivity contribution in [2.24, 2.45) is 5.92 Å². The molecule has 28 heavy (non-hydrogen) atoms. The molecule has 0 radical (unpaired) electrons. The first-order valence-electron chi connectivity index (χ1n) is 8.40. The van der Waals surface area contributed by atoms with Crippen molar-refractivity contribution in [3.05, 3.63) is 35.7 Å². The minimum Gasteiger partial charge on any atom is -0.347 e. The van der Waals surface area contributed by atoms with Crippen LogP contribution in [0.1, 0.15) is 24.3 Å². The summed E-state index contributed by atoms with van der Waals surface area (Å²) in [5, 5.41) is 6.96. The van der Waals surface area contributed by atoms with Crippen molar-refractivity contribution in [2.45, 2.75) is 25.6 Å². The molecule has 1 aromatic heterocycles. The van der Waals surface area contributed by atoms with Crippen molar-refractivity contribution in [3.63, 3.8) is 0 Å². The average molecular weight is 398 g/mol. The van der Waals surface area contributed by atoms with Crippen LogP contribution in [-0.4, -0.2) is 40.7 Å². The summed E-state index contributed by atoms with van der Waals surface area (Å²) in [6, 6.07) is 6.21. The molecule has 1 aromatic carbocycles. The van der Waals surface area contributed by atoms with Crippen LogP contribution in [0.3, 0.4) is 0 Å². The molecule has 1 fully saturated rings. The fourth-order valence-corrected chi connectivity index (χ4v) is 2.38. The highest BCUT2D eigenvalue weighted by Crippen LogP contribution is 2.29. The van der Waals surface area contributed by atoms with Crippen molar-refractivity contribution in [2.75, 3.05) is 13.7 Å². The third kappa shape index (κ3) is 4.85. The van der Waals surface area contributed by atoms with Crippen LogP contribution in [0, 0.1) is 5.92 Å². The fourth-order valence-electron chi connectivity index (χ4n) is 2.38. The number of rotatable bonds is 7. The van der Waals surface area contributed by atoms with E-state index in [4.69, 9.17) is 4.84 Å². The van der Waals surface area contributed by atoms with Crippen molar-refractivity contribution in [1.29, 1.82) is 0 Å². The van der Waals surface area contributed by atoms with Crippen molar-refractivity contribution in [1.82, 2.24) is 20.5 Å². The highest BCUT2D eigenvalue weighted by Gasteiger charge is 2.38. The molecule has 0 aliphatic heterocycles.